The van der Waals surface area contributed by atoms with E-state index < -0.39 is 90.0 Å². The van der Waals surface area contributed by atoms with E-state index in [4.69, 9.17) is 9.11 Å². The summed E-state index contributed by atoms with van der Waals surface area (Å²) >= 11 is -7.03. The van der Waals surface area contributed by atoms with Gasteiger partial charge in [0.05, 0.1) is 26.2 Å². The summed E-state index contributed by atoms with van der Waals surface area (Å²) in [6, 6.07) is 0. The van der Waals surface area contributed by atoms with Crippen molar-refractivity contribution in [1.29, 1.82) is 0 Å². The minimum atomic E-state index is -3.88. The first-order chi connectivity index (χ1) is 11.8. The Bertz CT molecular complexity index is 467. The molecule has 1 aliphatic rings. The highest BCUT2D eigenvalue weighted by molar-refractivity contribution is 7.77. The van der Waals surface area contributed by atoms with Crippen LogP contribution in [0.15, 0.2) is 0 Å². The van der Waals surface area contributed by atoms with Crippen LogP contribution >= 0.6 is 0 Å². The Balaban J connectivity index is 3.55. The van der Waals surface area contributed by atoms with Crippen LogP contribution < -0.4 is 0 Å². The highest BCUT2D eigenvalue weighted by atomic mass is 32.2. The summed E-state index contributed by atoms with van der Waals surface area (Å²) < 4.78 is 144. The van der Waals surface area contributed by atoms with Crippen LogP contribution in [-0.4, -0.2) is 85.0 Å². The van der Waals surface area contributed by atoms with Crippen LogP contribution in [-0.2, 0) is 22.5 Å². The van der Waals surface area contributed by atoms with Gasteiger partial charge in [-0.15, -0.1) is 0 Å². The van der Waals surface area contributed by atoms with E-state index in [2.05, 4.69) is 0 Å². The molecule has 0 aromatic heterocycles. The highest BCUT2D eigenvalue weighted by Gasteiger charge is 2.59. The van der Waals surface area contributed by atoms with Gasteiger partial charge in [0.2, 0.25) is 33.9 Å². The Morgan fingerprint density at radius 3 is 0.923 bits per heavy atom. The second-order valence-electron chi connectivity index (χ2n) is 4.95. The van der Waals surface area contributed by atoms with Crippen LogP contribution in [0.5, 0.6) is 0 Å². The molecular weight excluding hydrogens is 436 g/mol. The quantitative estimate of drug-likeness (QED) is 0.265. The Hall–Kier alpha value is -0.580. The maximum absolute atomic E-state index is 13.1. The zero-order valence-electron chi connectivity index (χ0n) is 12.1. The van der Waals surface area contributed by atoms with Gasteiger partial charge in [-0.05, 0) is 0 Å². The average Bonchev–Trinajstić information content (AvgIpc) is 2.45. The fourth-order valence-electron chi connectivity index (χ4n) is 2.10. The lowest BCUT2D eigenvalue weighted by molar-refractivity contribution is -0.394. The molecule has 0 saturated carbocycles. The normalized spacial score (nSPS) is 24.8. The van der Waals surface area contributed by atoms with Crippen molar-refractivity contribution in [3.63, 3.8) is 0 Å². The molecule has 0 radical (unpaired) electrons. The van der Waals surface area contributed by atoms with Crippen molar-refractivity contribution in [2.75, 3.05) is 26.2 Å². The predicted octanol–water partition coefficient (Wildman–Crippen LogP) is 0.554. The Kier molecular flexibility index (Phi) is 7.78. The molecule has 1 heterocycles. The summed E-state index contributed by atoms with van der Waals surface area (Å²) in [4.78, 5) is 0. The molecule has 10 nitrogen and oxygen atoms in total. The number of hydrogen-bond acceptors (Lipinski definition) is 6. The van der Waals surface area contributed by atoms with Gasteiger partial charge in [-0.1, -0.05) is 35.9 Å². The van der Waals surface area contributed by atoms with Crippen LogP contribution in [0.4, 0.5) is 35.9 Å². The largest absolute Gasteiger partial charge is 0.294 e. The first-order valence-electron chi connectivity index (χ1n) is 5.99. The highest BCUT2D eigenvalue weighted by Crippen LogP contribution is 2.34. The zero-order chi connectivity index (χ0) is 20.4. The topological polar surface area (TPSA) is 94.0 Å². The fraction of sp³-hybridized carbons (Fsp3) is 1.00. The van der Waals surface area contributed by atoms with Crippen molar-refractivity contribution in [2.45, 2.75) is 11.3 Å². The average molecular weight is 446 g/mol. The standard InChI is InChI=1S/C6H10F8N6O4S2/c7-17(8)5(18(9)10)1-15(25(21)22)3-6(19(11)12,20(13)14)4-16(2-5)26(23)24/h1-4H2,(H,21,22)(H,23,24). The minimum absolute atomic E-state index is 0.408. The van der Waals surface area contributed by atoms with Crippen LogP contribution in [0.25, 0.3) is 0 Å². The molecule has 0 amide bonds. The van der Waals surface area contributed by atoms with Crippen LogP contribution in [0.3, 0.4) is 0 Å². The summed E-state index contributed by atoms with van der Waals surface area (Å²) in [5, 5.41) is -8.81. The lowest BCUT2D eigenvalue weighted by atomic mass is 10.1. The van der Waals surface area contributed by atoms with E-state index in [1.165, 1.54) is 0 Å². The van der Waals surface area contributed by atoms with Gasteiger partial charge in [0, 0.05) is 21.4 Å². The van der Waals surface area contributed by atoms with E-state index in [-0.39, 0.29) is 0 Å². The minimum Gasteiger partial charge on any atom is -0.294 e. The van der Waals surface area contributed by atoms with Gasteiger partial charge in [-0.2, -0.15) is 8.61 Å². The zero-order valence-corrected chi connectivity index (χ0v) is 13.7. The van der Waals surface area contributed by atoms with Gasteiger partial charge >= 0.3 is 0 Å². The Labute approximate surface area is 144 Å². The smallest absolute Gasteiger partial charge is 0.234 e. The van der Waals surface area contributed by atoms with Crippen molar-refractivity contribution < 1.29 is 53.4 Å². The van der Waals surface area contributed by atoms with Crippen molar-refractivity contribution in [1.82, 2.24) is 30.0 Å². The van der Waals surface area contributed by atoms with Gasteiger partial charge in [0.25, 0.3) is 0 Å². The van der Waals surface area contributed by atoms with Gasteiger partial charge in [-0.3, -0.25) is 9.11 Å². The lowest BCUT2D eigenvalue weighted by Crippen LogP contribution is -2.71. The number of hydrogen-bond donors (Lipinski definition) is 2. The summed E-state index contributed by atoms with van der Waals surface area (Å²) in [5.41, 5.74) is -7.75. The molecule has 20 heteroatoms. The molecule has 26 heavy (non-hydrogen) atoms. The molecule has 2 N–H and O–H groups in total. The molecule has 156 valence electrons. The van der Waals surface area contributed by atoms with Gasteiger partial charge in [0.15, 0.2) is 0 Å². The monoisotopic (exact) mass is 446 g/mol. The third-order valence-electron chi connectivity index (χ3n) is 3.42. The lowest BCUT2D eigenvalue weighted by Gasteiger charge is -2.45. The summed E-state index contributed by atoms with van der Waals surface area (Å²) in [5.74, 6) is 0. The fourth-order valence-corrected chi connectivity index (χ4v) is 3.37. The summed E-state index contributed by atoms with van der Waals surface area (Å²) in [7, 11) is 0. The Morgan fingerprint density at radius 2 is 0.808 bits per heavy atom. The summed E-state index contributed by atoms with van der Waals surface area (Å²) in [6.45, 7) is -7.75. The van der Waals surface area contributed by atoms with Gasteiger partial charge in [0.1, 0.15) is 0 Å². The van der Waals surface area contributed by atoms with Crippen LogP contribution in [0.2, 0.25) is 0 Å². The Morgan fingerprint density at radius 1 is 0.615 bits per heavy atom. The van der Waals surface area contributed by atoms with Crippen LogP contribution in [0.1, 0.15) is 0 Å². The summed E-state index contributed by atoms with van der Waals surface area (Å²) in [6.07, 6.45) is 0. The molecule has 1 saturated heterocycles. The maximum Gasteiger partial charge on any atom is 0.234 e. The first kappa shape index (κ1) is 23.5. The second-order valence-corrected chi connectivity index (χ2v) is 6.91. The van der Waals surface area contributed by atoms with E-state index in [9.17, 15) is 44.3 Å². The number of rotatable bonds is 6. The molecule has 1 fully saturated rings. The maximum atomic E-state index is 13.1. The molecule has 0 aromatic carbocycles. The third-order valence-corrected chi connectivity index (χ3v) is 4.82. The SMILES string of the molecule is O=S(O)N1CC(N(F)F)(N(F)F)CN(S(=O)O)CC(N(F)F)(N(F)F)C1. The van der Waals surface area contributed by atoms with Crippen molar-refractivity contribution in [3.05, 3.63) is 0 Å². The molecule has 0 bridgehead atoms. The van der Waals surface area contributed by atoms with Crippen molar-refractivity contribution >= 4 is 22.5 Å². The molecule has 2 atom stereocenters. The second kappa shape index (κ2) is 8.62. The molecular formula is C6H10F8N6O4S2. The van der Waals surface area contributed by atoms with Crippen LogP contribution in [0, 0.1) is 0 Å². The van der Waals surface area contributed by atoms with Crippen molar-refractivity contribution in [2.24, 2.45) is 0 Å². The van der Waals surface area contributed by atoms with Gasteiger partial charge in [-0.25, -0.2) is 8.42 Å². The van der Waals surface area contributed by atoms with E-state index in [1.54, 1.807) is 0 Å². The molecule has 0 aliphatic carbocycles. The molecule has 0 aromatic rings. The molecule has 1 aliphatic heterocycles. The predicted molar refractivity (Wildman–Crippen MR) is 66.4 cm³/mol. The third kappa shape index (κ3) is 4.45. The van der Waals surface area contributed by atoms with E-state index in [0.29, 0.717) is 0 Å². The number of halogens is 8. The number of nitrogens with zero attached hydrogens (tertiary/aromatic N) is 6. The molecule has 2 unspecified atom stereocenters. The molecule has 0 spiro atoms. The van der Waals surface area contributed by atoms with Gasteiger partial charge < -0.3 is 0 Å². The molecule has 1 rings (SSSR count). The van der Waals surface area contributed by atoms with E-state index >= 15 is 0 Å². The van der Waals surface area contributed by atoms with E-state index in [0.717, 1.165) is 0 Å². The van der Waals surface area contributed by atoms with Crippen molar-refractivity contribution in [3.8, 4) is 0 Å². The van der Waals surface area contributed by atoms with E-state index in [1.807, 2.05) is 0 Å². The first-order valence-corrected chi connectivity index (χ1v) is 8.12.